The van der Waals surface area contributed by atoms with Gasteiger partial charge in [0.05, 0.1) is 17.9 Å². The van der Waals surface area contributed by atoms with Crippen LogP contribution in [0.4, 0.5) is 0 Å². The zero-order chi connectivity index (χ0) is 14.2. The fourth-order valence-electron chi connectivity index (χ4n) is 1.89. The average molecular weight is 270 g/mol. The van der Waals surface area contributed by atoms with Crippen molar-refractivity contribution in [2.24, 2.45) is 0 Å². The topological polar surface area (TPSA) is 58.1 Å². The first kappa shape index (κ1) is 14.1. The molecule has 0 spiro atoms. The van der Waals surface area contributed by atoms with Crippen LogP contribution in [0.25, 0.3) is 0 Å². The highest BCUT2D eigenvalue weighted by atomic mass is 16.1. The fraction of sp³-hybridized carbons (Fsp3) is 0.267. The Morgan fingerprint density at radius 3 is 2.00 bits per heavy atom. The summed E-state index contributed by atoms with van der Waals surface area (Å²) in [6.45, 7) is 1.55. The number of nitrogens with zero attached hydrogens (tertiary/aromatic N) is 3. The second-order valence-electron chi connectivity index (χ2n) is 4.46. The molecule has 0 radical (unpaired) electrons. The van der Waals surface area contributed by atoms with E-state index in [4.69, 9.17) is 0 Å². The van der Waals surface area contributed by atoms with Crippen LogP contribution < -0.4 is 5.32 Å². The molecule has 0 aliphatic rings. The summed E-state index contributed by atoms with van der Waals surface area (Å²) in [7, 11) is 1.64. The number of rotatable bonds is 6. The van der Waals surface area contributed by atoms with Gasteiger partial charge in [-0.2, -0.15) is 0 Å². The molecule has 104 valence electrons. The monoisotopic (exact) mass is 270 g/mol. The largest absolute Gasteiger partial charge is 0.358 e. The minimum atomic E-state index is -0.0168. The molecule has 0 atom stereocenters. The van der Waals surface area contributed by atoms with Crippen LogP contribution in [0.3, 0.4) is 0 Å². The fourth-order valence-corrected chi connectivity index (χ4v) is 1.89. The van der Waals surface area contributed by atoms with E-state index < -0.39 is 0 Å². The molecule has 5 heteroatoms. The maximum absolute atomic E-state index is 11.6. The van der Waals surface area contributed by atoms with Crippen LogP contribution in [-0.2, 0) is 17.9 Å². The van der Waals surface area contributed by atoms with Gasteiger partial charge in [-0.15, -0.1) is 0 Å². The highest BCUT2D eigenvalue weighted by Gasteiger charge is 2.12. The Morgan fingerprint density at radius 1 is 1.05 bits per heavy atom. The van der Waals surface area contributed by atoms with Gasteiger partial charge in [0.15, 0.2) is 0 Å². The second-order valence-corrected chi connectivity index (χ2v) is 4.46. The van der Waals surface area contributed by atoms with Crippen LogP contribution in [0.1, 0.15) is 11.4 Å². The molecule has 1 N–H and O–H groups in total. The lowest BCUT2D eigenvalue weighted by atomic mass is 10.3. The Bertz CT molecular complexity index is 489. The molecule has 0 saturated heterocycles. The third-order valence-electron chi connectivity index (χ3n) is 2.87. The quantitative estimate of drug-likeness (QED) is 0.857. The maximum Gasteiger partial charge on any atom is 0.233 e. The molecule has 20 heavy (non-hydrogen) atoms. The number of amides is 1. The summed E-state index contributed by atoms with van der Waals surface area (Å²) < 4.78 is 0. The third-order valence-corrected chi connectivity index (χ3v) is 2.87. The van der Waals surface area contributed by atoms with E-state index in [-0.39, 0.29) is 5.91 Å². The number of carbonyl (C=O) groups is 1. The van der Waals surface area contributed by atoms with Crippen LogP contribution in [-0.4, -0.2) is 34.4 Å². The molecule has 2 aromatic heterocycles. The average Bonchev–Trinajstić information content (AvgIpc) is 2.49. The Hall–Kier alpha value is -2.27. The van der Waals surface area contributed by atoms with E-state index in [0.29, 0.717) is 19.6 Å². The summed E-state index contributed by atoms with van der Waals surface area (Å²) >= 11 is 0. The third kappa shape index (κ3) is 4.44. The van der Waals surface area contributed by atoms with E-state index >= 15 is 0 Å². The van der Waals surface area contributed by atoms with E-state index in [0.717, 1.165) is 11.4 Å². The molecule has 0 aliphatic heterocycles. The molecule has 0 aliphatic carbocycles. The van der Waals surface area contributed by atoms with Gasteiger partial charge in [0.2, 0.25) is 5.91 Å². The summed E-state index contributed by atoms with van der Waals surface area (Å²) in [4.78, 5) is 22.2. The molecule has 5 nitrogen and oxygen atoms in total. The van der Waals surface area contributed by atoms with Crippen molar-refractivity contribution in [3.05, 3.63) is 60.2 Å². The Labute approximate surface area is 118 Å². The lowest BCUT2D eigenvalue weighted by Crippen LogP contribution is -2.35. The van der Waals surface area contributed by atoms with Crippen molar-refractivity contribution in [3.8, 4) is 0 Å². The summed E-state index contributed by atoms with van der Waals surface area (Å²) in [5.74, 6) is -0.0168. The van der Waals surface area contributed by atoms with Gasteiger partial charge in [-0.3, -0.25) is 19.7 Å². The van der Waals surface area contributed by atoms with Crippen LogP contribution in [0.2, 0.25) is 0 Å². The van der Waals surface area contributed by atoms with E-state index in [1.54, 1.807) is 19.4 Å². The predicted octanol–water partition coefficient (Wildman–Crippen LogP) is 1.22. The van der Waals surface area contributed by atoms with Gasteiger partial charge in [-0.05, 0) is 24.3 Å². The number of hydrogen-bond acceptors (Lipinski definition) is 4. The molecular formula is C15H18N4O. The molecular weight excluding hydrogens is 252 g/mol. The normalized spacial score (nSPS) is 10.5. The minimum Gasteiger partial charge on any atom is -0.358 e. The van der Waals surface area contributed by atoms with Gasteiger partial charge >= 0.3 is 0 Å². The van der Waals surface area contributed by atoms with Gasteiger partial charge in [0.1, 0.15) is 0 Å². The second kappa shape index (κ2) is 7.35. The van der Waals surface area contributed by atoms with Crippen molar-refractivity contribution >= 4 is 5.91 Å². The van der Waals surface area contributed by atoms with Crippen LogP contribution in [0, 0.1) is 0 Å². The Morgan fingerprint density at radius 2 is 1.60 bits per heavy atom. The van der Waals surface area contributed by atoms with Gasteiger partial charge in [-0.25, -0.2) is 0 Å². The molecule has 2 heterocycles. The first-order chi connectivity index (χ1) is 9.78. The molecule has 0 unspecified atom stereocenters. The number of carbonyl (C=O) groups excluding carboxylic acids is 1. The van der Waals surface area contributed by atoms with Gasteiger partial charge in [0.25, 0.3) is 0 Å². The smallest absolute Gasteiger partial charge is 0.233 e. The first-order valence-corrected chi connectivity index (χ1v) is 6.50. The Kier molecular flexibility index (Phi) is 5.20. The first-order valence-electron chi connectivity index (χ1n) is 6.50. The summed E-state index contributed by atoms with van der Waals surface area (Å²) in [5.41, 5.74) is 1.87. The van der Waals surface area contributed by atoms with Crippen molar-refractivity contribution in [1.29, 1.82) is 0 Å². The molecule has 2 aromatic rings. The van der Waals surface area contributed by atoms with Crippen molar-refractivity contribution in [1.82, 2.24) is 20.2 Å². The van der Waals surface area contributed by atoms with Crippen molar-refractivity contribution in [3.63, 3.8) is 0 Å². The van der Waals surface area contributed by atoms with Crippen molar-refractivity contribution < 1.29 is 4.79 Å². The number of pyridine rings is 2. The molecule has 0 saturated carbocycles. The standard InChI is InChI=1S/C15H18N4O/c1-16-15(20)12-19(10-13-6-2-4-8-17-13)11-14-7-3-5-9-18-14/h2-9H,10-12H2,1H3,(H,16,20). The predicted molar refractivity (Wildman–Crippen MR) is 76.7 cm³/mol. The van der Waals surface area contributed by atoms with Crippen LogP contribution >= 0.6 is 0 Å². The minimum absolute atomic E-state index is 0.0168. The van der Waals surface area contributed by atoms with Crippen molar-refractivity contribution in [2.75, 3.05) is 13.6 Å². The lowest BCUT2D eigenvalue weighted by Gasteiger charge is -2.20. The lowest BCUT2D eigenvalue weighted by molar-refractivity contribution is -0.122. The number of nitrogens with one attached hydrogen (secondary N) is 1. The summed E-state index contributed by atoms with van der Waals surface area (Å²) in [5, 5.41) is 2.65. The van der Waals surface area contributed by atoms with E-state index in [1.807, 2.05) is 41.3 Å². The Balaban J connectivity index is 2.06. The van der Waals surface area contributed by atoms with Gasteiger partial charge in [0, 0.05) is 32.5 Å². The number of likely N-dealkylation sites (N-methyl/N-ethyl adjacent to an activating group) is 1. The molecule has 1 amide bonds. The number of hydrogen-bond donors (Lipinski definition) is 1. The molecule has 0 fully saturated rings. The SMILES string of the molecule is CNC(=O)CN(Cc1ccccn1)Cc1ccccn1. The zero-order valence-electron chi connectivity index (χ0n) is 11.5. The van der Waals surface area contributed by atoms with Gasteiger partial charge in [-0.1, -0.05) is 12.1 Å². The zero-order valence-corrected chi connectivity index (χ0v) is 11.5. The van der Waals surface area contributed by atoms with Gasteiger partial charge < -0.3 is 5.32 Å². The molecule has 0 bridgehead atoms. The molecule has 0 aromatic carbocycles. The van der Waals surface area contributed by atoms with E-state index in [1.165, 1.54) is 0 Å². The number of aromatic nitrogens is 2. The van der Waals surface area contributed by atoms with E-state index in [9.17, 15) is 4.79 Å². The highest BCUT2D eigenvalue weighted by molar-refractivity contribution is 5.77. The highest BCUT2D eigenvalue weighted by Crippen LogP contribution is 2.06. The maximum atomic E-state index is 11.6. The summed E-state index contributed by atoms with van der Waals surface area (Å²) in [6.07, 6.45) is 3.52. The molecule has 2 rings (SSSR count). The van der Waals surface area contributed by atoms with E-state index in [2.05, 4.69) is 15.3 Å². The summed E-state index contributed by atoms with van der Waals surface area (Å²) in [6, 6.07) is 11.6. The van der Waals surface area contributed by atoms with Crippen LogP contribution in [0.15, 0.2) is 48.8 Å². The van der Waals surface area contributed by atoms with Crippen molar-refractivity contribution in [2.45, 2.75) is 13.1 Å². The van der Waals surface area contributed by atoms with Crippen LogP contribution in [0.5, 0.6) is 0 Å².